The number of ether oxygens (including phenoxy) is 1. The molecule has 2 N–H and O–H groups in total. The minimum absolute atomic E-state index is 0.137. The number of aliphatic imine (C=N–C) groups is 1. The number of amides is 1. The summed E-state index contributed by atoms with van der Waals surface area (Å²) in [7, 11) is 0. The second-order valence-electron chi connectivity index (χ2n) is 7.53. The molecule has 1 aromatic heterocycles. The van der Waals surface area contributed by atoms with Gasteiger partial charge in [0.1, 0.15) is 5.70 Å². The van der Waals surface area contributed by atoms with Gasteiger partial charge in [-0.3, -0.25) is 10.1 Å². The van der Waals surface area contributed by atoms with Gasteiger partial charge in [0, 0.05) is 0 Å². The van der Waals surface area contributed by atoms with E-state index in [-0.39, 0.29) is 11.9 Å². The number of fused-ring (bicyclic) bond motifs is 1. The molecular formula is C20H24N4O2S. The van der Waals surface area contributed by atoms with Crippen LogP contribution in [0.15, 0.2) is 34.4 Å². The van der Waals surface area contributed by atoms with Crippen molar-refractivity contribution in [1.82, 2.24) is 15.6 Å². The molecule has 4 rings (SSSR count). The Balaban J connectivity index is 1.46. The molecule has 142 valence electrons. The Bertz CT molecular complexity index is 898. The number of benzene rings is 1. The van der Waals surface area contributed by atoms with Crippen molar-refractivity contribution in [2.45, 2.75) is 45.3 Å². The average molecular weight is 385 g/mol. The first kappa shape index (κ1) is 18.1. The van der Waals surface area contributed by atoms with Crippen molar-refractivity contribution in [1.29, 1.82) is 0 Å². The predicted octanol–water partition coefficient (Wildman–Crippen LogP) is 3.31. The molecule has 1 fully saturated rings. The lowest BCUT2D eigenvalue weighted by molar-refractivity contribution is -0.115. The molecule has 6 nitrogen and oxygen atoms in total. The number of nitrogens with zero attached hydrogens (tertiary/aromatic N) is 2. The number of aromatic nitrogens is 1. The van der Waals surface area contributed by atoms with Gasteiger partial charge in [0.2, 0.25) is 5.96 Å². The fourth-order valence-electron chi connectivity index (χ4n) is 3.07. The van der Waals surface area contributed by atoms with Crippen molar-refractivity contribution in [2.75, 3.05) is 6.61 Å². The van der Waals surface area contributed by atoms with Crippen molar-refractivity contribution >= 4 is 39.5 Å². The van der Waals surface area contributed by atoms with E-state index in [1.165, 1.54) is 0 Å². The molecule has 2 aromatic rings. The van der Waals surface area contributed by atoms with Crippen LogP contribution in [0.1, 0.15) is 38.7 Å². The van der Waals surface area contributed by atoms with Gasteiger partial charge in [-0.2, -0.15) is 0 Å². The fraction of sp³-hybridized carbons (Fsp3) is 0.450. The zero-order valence-electron chi connectivity index (χ0n) is 15.6. The minimum Gasteiger partial charge on any atom is -0.376 e. The molecule has 1 aliphatic carbocycles. The zero-order chi connectivity index (χ0) is 18.8. The highest BCUT2D eigenvalue weighted by atomic mass is 32.1. The monoisotopic (exact) mass is 384 g/mol. The van der Waals surface area contributed by atoms with Gasteiger partial charge in [0.05, 0.1) is 34.5 Å². The van der Waals surface area contributed by atoms with Crippen LogP contribution in [0.2, 0.25) is 0 Å². The van der Waals surface area contributed by atoms with Gasteiger partial charge in [-0.25, -0.2) is 9.98 Å². The number of hydrogen-bond donors (Lipinski definition) is 2. The van der Waals surface area contributed by atoms with E-state index in [1.807, 2.05) is 23.7 Å². The molecule has 0 bridgehead atoms. The molecule has 1 saturated carbocycles. The Morgan fingerprint density at radius 3 is 3.04 bits per heavy atom. The SMILES string of the molecule is CC(C)CC(COC1CC1)NC1=N/C(=C\c2ccc3ncsc3c2)C(=O)N1. The lowest BCUT2D eigenvalue weighted by Crippen LogP contribution is -2.45. The maximum atomic E-state index is 12.3. The smallest absolute Gasteiger partial charge is 0.276 e. The van der Waals surface area contributed by atoms with Crippen molar-refractivity contribution in [3.8, 4) is 0 Å². The van der Waals surface area contributed by atoms with Crippen LogP contribution in [-0.2, 0) is 9.53 Å². The Labute approximate surface area is 162 Å². The highest BCUT2D eigenvalue weighted by Gasteiger charge is 2.26. The average Bonchev–Trinajstić information content (AvgIpc) is 3.23. The second-order valence-corrected chi connectivity index (χ2v) is 8.41. The summed E-state index contributed by atoms with van der Waals surface area (Å²) in [6, 6.07) is 6.08. The molecule has 27 heavy (non-hydrogen) atoms. The number of guanidine groups is 1. The summed E-state index contributed by atoms with van der Waals surface area (Å²) in [5.74, 6) is 0.854. The number of hydrogen-bond acceptors (Lipinski definition) is 6. The van der Waals surface area contributed by atoms with Gasteiger partial charge in [-0.05, 0) is 49.0 Å². The van der Waals surface area contributed by atoms with Crippen molar-refractivity contribution in [3.63, 3.8) is 0 Å². The van der Waals surface area contributed by atoms with Gasteiger partial charge in [0.25, 0.3) is 5.91 Å². The third kappa shape index (κ3) is 4.73. The number of carbonyl (C=O) groups is 1. The van der Waals surface area contributed by atoms with E-state index in [0.29, 0.717) is 30.3 Å². The van der Waals surface area contributed by atoms with Gasteiger partial charge in [0.15, 0.2) is 0 Å². The first-order valence-electron chi connectivity index (χ1n) is 9.40. The molecule has 1 aromatic carbocycles. The molecule has 1 unspecified atom stereocenters. The predicted molar refractivity (Wildman–Crippen MR) is 109 cm³/mol. The number of nitrogens with one attached hydrogen (secondary N) is 2. The summed E-state index contributed by atoms with van der Waals surface area (Å²) in [6.07, 6.45) is 5.49. The molecule has 0 spiro atoms. The Kier molecular flexibility index (Phi) is 5.22. The van der Waals surface area contributed by atoms with Crippen LogP contribution in [0.4, 0.5) is 0 Å². The van der Waals surface area contributed by atoms with Crippen LogP contribution >= 0.6 is 11.3 Å². The van der Waals surface area contributed by atoms with E-state index >= 15 is 0 Å². The summed E-state index contributed by atoms with van der Waals surface area (Å²) < 4.78 is 6.96. The highest BCUT2D eigenvalue weighted by molar-refractivity contribution is 7.16. The minimum atomic E-state index is -0.187. The molecule has 1 atom stereocenters. The van der Waals surface area contributed by atoms with E-state index in [9.17, 15) is 4.79 Å². The van der Waals surface area contributed by atoms with Crippen LogP contribution in [0.5, 0.6) is 0 Å². The quantitative estimate of drug-likeness (QED) is 0.718. The summed E-state index contributed by atoms with van der Waals surface area (Å²) in [5, 5.41) is 6.18. The molecule has 2 aliphatic rings. The molecule has 2 heterocycles. The van der Waals surface area contributed by atoms with Crippen molar-refractivity contribution in [3.05, 3.63) is 35.0 Å². The van der Waals surface area contributed by atoms with Crippen LogP contribution in [0, 0.1) is 5.92 Å². The van der Waals surface area contributed by atoms with Gasteiger partial charge in [-0.15, -0.1) is 11.3 Å². The lowest BCUT2D eigenvalue weighted by atomic mass is 10.0. The Hall–Kier alpha value is -2.25. The number of carbonyl (C=O) groups excluding carboxylic acids is 1. The maximum Gasteiger partial charge on any atom is 0.276 e. The number of thiazole rings is 1. The van der Waals surface area contributed by atoms with Crippen LogP contribution < -0.4 is 10.6 Å². The topological polar surface area (TPSA) is 75.6 Å². The molecule has 7 heteroatoms. The normalized spacial score (nSPS) is 19.6. The largest absolute Gasteiger partial charge is 0.376 e. The van der Waals surface area contributed by atoms with Crippen molar-refractivity contribution < 1.29 is 9.53 Å². The standard InChI is InChI=1S/C20H24N4O2S/c1-12(2)7-14(10-26-15-4-5-15)22-20-23-17(19(25)24-20)8-13-3-6-16-18(9-13)27-11-21-16/h3,6,8-9,11-12,14-15H,4-5,7,10H2,1-2H3,(H2,22,23,24,25)/b17-8-. The summed E-state index contributed by atoms with van der Waals surface area (Å²) >= 11 is 1.58. The van der Waals surface area contributed by atoms with E-state index in [0.717, 1.165) is 35.0 Å². The summed E-state index contributed by atoms with van der Waals surface area (Å²) in [6.45, 7) is 5.00. The maximum absolute atomic E-state index is 12.3. The third-order valence-electron chi connectivity index (χ3n) is 4.51. The van der Waals surface area contributed by atoms with Gasteiger partial charge < -0.3 is 10.1 Å². The second kappa shape index (κ2) is 7.78. The highest BCUT2D eigenvalue weighted by Crippen LogP contribution is 2.24. The third-order valence-corrected chi connectivity index (χ3v) is 5.30. The fourth-order valence-corrected chi connectivity index (χ4v) is 3.80. The van der Waals surface area contributed by atoms with E-state index < -0.39 is 0 Å². The Morgan fingerprint density at radius 2 is 2.26 bits per heavy atom. The molecule has 0 radical (unpaired) electrons. The molecule has 0 saturated heterocycles. The zero-order valence-corrected chi connectivity index (χ0v) is 16.4. The van der Waals surface area contributed by atoms with Crippen LogP contribution in [-0.4, -0.2) is 35.6 Å². The van der Waals surface area contributed by atoms with Gasteiger partial charge >= 0.3 is 0 Å². The Morgan fingerprint density at radius 1 is 1.41 bits per heavy atom. The summed E-state index contributed by atoms with van der Waals surface area (Å²) in [5.41, 5.74) is 4.14. The molecule has 1 aliphatic heterocycles. The van der Waals surface area contributed by atoms with E-state index in [1.54, 1.807) is 17.4 Å². The van der Waals surface area contributed by atoms with Gasteiger partial charge in [-0.1, -0.05) is 19.9 Å². The van der Waals surface area contributed by atoms with E-state index in [2.05, 4.69) is 34.5 Å². The van der Waals surface area contributed by atoms with Crippen molar-refractivity contribution in [2.24, 2.45) is 10.9 Å². The first-order valence-corrected chi connectivity index (χ1v) is 10.3. The van der Waals surface area contributed by atoms with Crippen LogP contribution in [0.3, 0.4) is 0 Å². The molecule has 1 amide bonds. The van der Waals surface area contributed by atoms with E-state index in [4.69, 9.17) is 4.74 Å². The first-order chi connectivity index (χ1) is 13.1. The summed E-state index contributed by atoms with van der Waals surface area (Å²) in [4.78, 5) is 21.0. The lowest BCUT2D eigenvalue weighted by Gasteiger charge is -2.21. The number of rotatable bonds is 7. The van der Waals surface area contributed by atoms with Crippen LogP contribution in [0.25, 0.3) is 16.3 Å². The molecular weight excluding hydrogens is 360 g/mol.